The Labute approximate surface area is 121 Å². The number of rotatable bonds is 7. The highest BCUT2D eigenvalue weighted by atomic mass is 32.2. The van der Waals surface area contributed by atoms with Gasteiger partial charge in [0.2, 0.25) is 10.0 Å². The minimum atomic E-state index is -4.12. The van der Waals surface area contributed by atoms with Gasteiger partial charge in [0.1, 0.15) is 10.9 Å². The maximum atomic E-state index is 12.1. The molecule has 10 heteroatoms. The molecular weight excluding hydrogens is 302 g/mol. The summed E-state index contributed by atoms with van der Waals surface area (Å²) in [5, 5.41) is 19.5. The molecule has 0 bridgehead atoms. The van der Waals surface area contributed by atoms with Crippen molar-refractivity contribution in [3.05, 3.63) is 28.4 Å². The van der Waals surface area contributed by atoms with Gasteiger partial charge in [-0.15, -0.1) is 0 Å². The van der Waals surface area contributed by atoms with E-state index >= 15 is 0 Å². The molecule has 1 heterocycles. The van der Waals surface area contributed by atoms with E-state index in [-0.39, 0.29) is 4.90 Å². The molecule has 0 amide bonds. The molecule has 0 aromatic carbocycles. The van der Waals surface area contributed by atoms with E-state index in [0.717, 1.165) is 18.3 Å². The lowest BCUT2D eigenvalue weighted by Crippen LogP contribution is -2.44. The Morgan fingerprint density at radius 3 is 2.52 bits per heavy atom. The zero-order valence-corrected chi connectivity index (χ0v) is 12.2. The molecule has 2 atom stereocenters. The molecule has 0 fully saturated rings. The summed E-state index contributed by atoms with van der Waals surface area (Å²) in [5.41, 5.74) is 0. The standard InChI is InChI=1S/C11H15N3O6S/c1-3-7(2)10(11(15)16)13-21(19,20)8-4-5-9(12-6-8)14(17)18/h4-7,10,13H,3H2,1-2H3,(H,15,16). The first-order valence-electron chi connectivity index (χ1n) is 6.04. The predicted octanol–water partition coefficient (Wildman–Crippen LogP) is 0.767. The van der Waals surface area contributed by atoms with Gasteiger partial charge in [-0.05, 0) is 21.9 Å². The minimum absolute atomic E-state index is 0.331. The van der Waals surface area contributed by atoms with Crippen LogP contribution in [0.25, 0.3) is 0 Å². The molecule has 1 aromatic heterocycles. The first-order valence-corrected chi connectivity index (χ1v) is 7.53. The lowest BCUT2D eigenvalue weighted by molar-refractivity contribution is -0.389. The lowest BCUT2D eigenvalue weighted by atomic mass is 10.0. The number of hydrogen-bond acceptors (Lipinski definition) is 6. The van der Waals surface area contributed by atoms with Crippen LogP contribution in [0.4, 0.5) is 5.82 Å². The molecular formula is C11H15N3O6S. The predicted molar refractivity (Wildman–Crippen MR) is 72.1 cm³/mol. The minimum Gasteiger partial charge on any atom is -0.480 e. The summed E-state index contributed by atoms with van der Waals surface area (Å²) in [4.78, 5) is 23.9. The number of carbonyl (C=O) groups is 1. The van der Waals surface area contributed by atoms with Gasteiger partial charge in [0.05, 0.1) is 0 Å². The van der Waals surface area contributed by atoms with Crippen LogP contribution in [-0.4, -0.2) is 35.4 Å². The van der Waals surface area contributed by atoms with Gasteiger partial charge in [0.25, 0.3) is 0 Å². The van der Waals surface area contributed by atoms with E-state index in [0.29, 0.717) is 6.42 Å². The fourth-order valence-corrected chi connectivity index (χ4v) is 2.76. The summed E-state index contributed by atoms with van der Waals surface area (Å²) >= 11 is 0. The Morgan fingerprint density at radius 2 is 2.14 bits per heavy atom. The fourth-order valence-electron chi connectivity index (χ4n) is 1.52. The van der Waals surface area contributed by atoms with Crippen molar-refractivity contribution in [1.29, 1.82) is 0 Å². The highest BCUT2D eigenvalue weighted by Gasteiger charge is 2.30. The van der Waals surface area contributed by atoms with Crippen LogP contribution in [0.1, 0.15) is 20.3 Å². The number of nitro groups is 1. The molecule has 0 spiro atoms. The zero-order chi connectivity index (χ0) is 16.2. The molecule has 0 radical (unpaired) electrons. The molecule has 1 aromatic rings. The monoisotopic (exact) mass is 317 g/mol. The number of hydrogen-bond donors (Lipinski definition) is 2. The van der Waals surface area contributed by atoms with E-state index < -0.39 is 38.7 Å². The largest absolute Gasteiger partial charge is 0.480 e. The Kier molecular flexibility index (Phi) is 5.33. The molecule has 116 valence electrons. The van der Waals surface area contributed by atoms with Gasteiger partial charge >= 0.3 is 11.8 Å². The number of sulfonamides is 1. The SMILES string of the molecule is CCC(C)C(NS(=O)(=O)c1ccc([N+](=O)[O-])nc1)C(=O)O. The van der Waals surface area contributed by atoms with Crippen LogP contribution >= 0.6 is 0 Å². The van der Waals surface area contributed by atoms with E-state index in [9.17, 15) is 23.3 Å². The maximum absolute atomic E-state index is 12.1. The van der Waals surface area contributed by atoms with Crippen LogP contribution in [0.5, 0.6) is 0 Å². The fraction of sp³-hybridized carbons (Fsp3) is 0.455. The molecule has 2 N–H and O–H groups in total. The van der Waals surface area contributed by atoms with Crippen LogP contribution in [-0.2, 0) is 14.8 Å². The number of aliphatic carboxylic acids is 1. The van der Waals surface area contributed by atoms with E-state index in [2.05, 4.69) is 9.71 Å². The van der Waals surface area contributed by atoms with Crippen LogP contribution in [0.3, 0.4) is 0 Å². The highest BCUT2D eigenvalue weighted by molar-refractivity contribution is 7.89. The van der Waals surface area contributed by atoms with Crippen molar-refractivity contribution in [3.8, 4) is 0 Å². The summed E-state index contributed by atoms with van der Waals surface area (Å²) in [5.74, 6) is -2.20. The van der Waals surface area contributed by atoms with E-state index in [1.807, 2.05) is 0 Å². The number of pyridine rings is 1. The Hall–Kier alpha value is -2.07. The first-order chi connectivity index (χ1) is 9.69. The molecule has 2 unspecified atom stereocenters. The number of aromatic nitrogens is 1. The summed E-state index contributed by atoms with van der Waals surface area (Å²) in [6.45, 7) is 3.34. The van der Waals surface area contributed by atoms with Gasteiger partial charge < -0.3 is 15.2 Å². The third-order valence-corrected chi connectivity index (χ3v) is 4.41. The second-order valence-corrected chi connectivity index (χ2v) is 6.15. The zero-order valence-electron chi connectivity index (χ0n) is 11.4. The highest BCUT2D eigenvalue weighted by Crippen LogP contribution is 2.15. The van der Waals surface area contributed by atoms with E-state index in [4.69, 9.17) is 5.11 Å². The molecule has 9 nitrogen and oxygen atoms in total. The van der Waals surface area contributed by atoms with Crippen LogP contribution in [0.15, 0.2) is 23.2 Å². The van der Waals surface area contributed by atoms with Gasteiger partial charge in [-0.25, -0.2) is 8.42 Å². The first kappa shape index (κ1) is 17.0. The summed E-state index contributed by atoms with van der Waals surface area (Å²) in [6.07, 6.45) is 1.29. The number of nitrogens with one attached hydrogen (secondary N) is 1. The molecule has 0 aliphatic heterocycles. The molecule has 0 saturated heterocycles. The number of carboxylic acids is 1. The smallest absolute Gasteiger partial charge is 0.363 e. The third kappa shape index (κ3) is 4.20. The van der Waals surface area contributed by atoms with Crippen LogP contribution in [0, 0.1) is 16.0 Å². The van der Waals surface area contributed by atoms with Crippen molar-refractivity contribution in [2.45, 2.75) is 31.2 Å². The Balaban J connectivity index is 3.04. The average molecular weight is 317 g/mol. The van der Waals surface area contributed by atoms with E-state index in [1.54, 1.807) is 13.8 Å². The van der Waals surface area contributed by atoms with Crippen LogP contribution < -0.4 is 4.72 Å². The van der Waals surface area contributed by atoms with E-state index in [1.165, 1.54) is 0 Å². The quantitative estimate of drug-likeness (QED) is 0.559. The maximum Gasteiger partial charge on any atom is 0.363 e. The number of nitrogens with zero attached hydrogens (tertiary/aromatic N) is 2. The Morgan fingerprint density at radius 1 is 1.52 bits per heavy atom. The van der Waals surface area contributed by atoms with Gasteiger partial charge in [0, 0.05) is 6.07 Å². The van der Waals surface area contributed by atoms with Gasteiger partial charge in [-0.3, -0.25) is 4.79 Å². The van der Waals surface area contributed by atoms with Crippen molar-refractivity contribution in [3.63, 3.8) is 0 Å². The van der Waals surface area contributed by atoms with Crippen molar-refractivity contribution in [2.75, 3.05) is 0 Å². The topological polar surface area (TPSA) is 140 Å². The summed E-state index contributed by atoms with van der Waals surface area (Å²) in [6, 6.07) is 0.659. The van der Waals surface area contributed by atoms with Crippen molar-refractivity contribution in [1.82, 2.24) is 9.71 Å². The lowest BCUT2D eigenvalue weighted by Gasteiger charge is -2.19. The normalized spacial score (nSPS) is 14.4. The van der Waals surface area contributed by atoms with Gasteiger partial charge in [0.15, 0.2) is 6.20 Å². The van der Waals surface area contributed by atoms with Crippen molar-refractivity contribution < 1.29 is 23.2 Å². The molecule has 0 saturated carbocycles. The van der Waals surface area contributed by atoms with Crippen molar-refractivity contribution >= 4 is 21.8 Å². The van der Waals surface area contributed by atoms with Gasteiger partial charge in [-0.1, -0.05) is 20.3 Å². The second-order valence-electron chi connectivity index (χ2n) is 4.43. The molecule has 0 aliphatic rings. The molecule has 0 aliphatic carbocycles. The average Bonchev–Trinajstić information content (AvgIpc) is 2.43. The molecule has 21 heavy (non-hydrogen) atoms. The second kappa shape index (κ2) is 6.59. The van der Waals surface area contributed by atoms with Crippen LogP contribution in [0.2, 0.25) is 0 Å². The summed E-state index contributed by atoms with van der Waals surface area (Å²) in [7, 11) is -4.12. The van der Waals surface area contributed by atoms with Crippen molar-refractivity contribution in [2.24, 2.45) is 5.92 Å². The number of carboxylic acid groups (broad SMARTS) is 1. The third-order valence-electron chi connectivity index (χ3n) is 2.98. The summed E-state index contributed by atoms with van der Waals surface area (Å²) < 4.78 is 26.2. The Bertz CT molecular complexity index is 628. The molecule has 1 rings (SSSR count). The van der Waals surface area contributed by atoms with Gasteiger partial charge in [-0.2, -0.15) is 4.72 Å².